The highest BCUT2D eigenvalue weighted by molar-refractivity contribution is 5.78. The number of rotatable bonds is 4. The Morgan fingerprint density at radius 2 is 1.84 bits per heavy atom. The fraction of sp³-hybridized carbons (Fsp3) is 0.353. The van der Waals surface area contributed by atoms with E-state index in [2.05, 4.69) is 55.7 Å². The van der Waals surface area contributed by atoms with Crippen LogP contribution in [0, 0.1) is 13.8 Å². The lowest BCUT2D eigenvalue weighted by atomic mass is 10.1. The molecule has 2 rings (SSSR count). The predicted molar refractivity (Wildman–Crippen MR) is 79.0 cm³/mol. The van der Waals surface area contributed by atoms with E-state index in [4.69, 9.17) is 0 Å². The summed E-state index contributed by atoms with van der Waals surface area (Å²) in [6.45, 7) is 8.01. The van der Waals surface area contributed by atoms with E-state index >= 15 is 0 Å². The first-order valence-corrected chi connectivity index (χ1v) is 6.80. The molecule has 0 saturated carbocycles. The third-order valence-corrected chi connectivity index (χ3v) is 3.59. The molecule has 0 bridgehead atoms. The van der Waals surface area contributed by atoms with Gasteiger partial charge in [0.15, 0.2) is 0 Å². The summed E-state index contributed by atoms with van der Waals surface area (Å²) >= 11 is 0. The molecular formula is C17H21NO. The maximum Gasteiger partial charge on any atom is 0.134 e. The summed E-state index contributed by atoms with van der Waals surface area (Å²) in [6, 6.07) is 10.6. The minimum Gasteiger partial charge on any atom is -0.318 e. The molecular weight excluding hydrogens is 234 g/mol. The Balaban J connectivity index is 2.56. The van der Waals surface area contributed by atoms with Crippen LogP contribution < -0.4 is 0 Å². The number of para-hydroxylation sites is 1. The second kappa shape index (κ2) is 5.43. The third kappa shape index (κ3) is 2.62. The topological polar surface area (TPSA) is 22.0 Å². The molecule has 0 amide bonds. The van der Waals surface area contributed by atoms with Crippen LogP contribution in [0.4, 0.5) is 0 Å². The molecule has 2 aromatic rings. The Morgan fingerprint density at radius 1 is 1.16 bits per heavy atom. The van der Waals surface area contributed by atoms with Crippen molar-refractivity contribution >= 4 is 5.78 Å². The first-order valence-electron chi connectivity index (χ1n) is 6.80. The van der Waals surface area contributed by atoms with E-state index in [0.29, 0.717) is 6.42 Å². The van der Waals surface area contributed by atoms with Crippen molar-refractivity contribution in [3.8, 4) is 5.69 Å². The largest absolute Gasteiger partial charge is 0.318 e. The standard InChI is InChI=1S/C17H21NO/c1-5-15-8-6-7-9-17(15)18-12(2)10-16(14(18)4)11-13(3)19/h6-10H,5,11H2,1-4H3. The van der Waals surface area contributed by atoms with Gasteiger partial charge in [-0.3, -0.25) is 4.79 Å². The van der Waals surface area contributed by atoms with Gasteiger partial charge in [0.2, 0.25) is 0 Å². The van der Waals surface area contributed by atoms with E-state index in [1.807, 2.05) is 0 Å². The fourth-order valence-electron chi connectivity index (χ4n) is 2.68. The summed E-state index contributed by atoms with van der Waals surface area (Å²) in [4.78, 5) is 11.3. The molecule has 0 unspecified atom stereocenters. The SMILES string of the molecule is CCc1ccccc1-n1c(C)cc(CC(C)=O)c1C. The Kier molecular flexibility index (Phi) is 3.89. The van der Waals surface area contributed by atoms with Crippen LogP contribution in [0.5, 0.6) is 0 Å². The van der Waals surface area contributed by atoms with Gasteiger partial charge in [-0.15, -0.1) is 0 Å². The summed E-state index contributed by atoms with van der Waals surface area (Å²) in [5, 5.41) is 0. The maximum atomic E-state index is 11.3. The molecule has 100 valence electrons. The number of hydrogen-bond donors (Lipinski definition) is 0. The monoisotopic (exact) mass is 255 g/mol. The summed E-state index contributed by atoms with van der Waals surface area (Å²) in [6.07, 6.45) is 1.53. The number of nitrogens with zero attached hydrogens (tertiary/aromatic N) is 1. The number of ketones is 1. The molecule has 19 heavy (non-hydrogen) atoms. The van der Waals surface area contributed by atoms with Crippen LogP contribution in [0.3, 0.4) is 0 Å². The van der Waals surface area contributed by atoms with Gasteiger partial charge in [-0.25, -0.2) is 0 Å². The van der Waals surface area contributed by atoms with Crippen molar-refractivity contribution in [1.82, 2.24) is 4.57 Å². The van der Waals surface area contributed by atoms with E-state index in [0.717, 1.165) is 12.0 Å². The van der Waals surface area contributed by atoms with Gasteiger partial charge < -0.3 is 4.57 Å². The van der Waals surface area contributed by atoms with Crippen LogP contribution in [-0.4, -0.2) is 10.4 Å². The van der Waals surface area contributed by atoms with Crippen LogP contribution >= 0.6 is 0 Å². The van der Waals surface area contributed by atoms with E-state index < -0.39 is 0 Å². The van der Waals surface area contributed by atoms with Gasteiger partial charge in [0.1, 0.15) is 5.78 Å². The number of carbonyl (C=O) groups is 1. The molecule has 0 spiro atoms. The quantitative estimate of drug-likeness (QED) is 0.814. The van der Waals surface area contributed by atoms with E-state index in [1.54, 1.807) is 6.92 Å². The zero-order valence-corrected chi connectivity index (χ0v) is 12.2. The smallest absolute Gasteiger partial charge is 0.134 e. The molecule has 0 atom stereocenters. The first kappa shape index (κ1) is 13.6. The molecule has 0 aliphatic rings. The molecule has 2 heteroatoms. The number of carbonyl (C=O) groups excluding carboxylic acids is 1. The molecule has 0 aliphatic heterocycles. The number of aryl methyl sites for hydroxylation is 2. The van der Waals surface area contributed by atoms with Gasteiger partial charge in [0, 0.05) is 23.5 Å². The molecule has 0 radical (unpaired) electrons. The lowest BCUT2D eigenvalue weighted by Crippen LogP contribution is -2.04. The lowest BCUT2D eigenvalue weighted by Gasteiger charge is -2.14. The van der Waals surface area contributed by atoms with E-state index in [9.17, 15) is 4.79 Å². The van der Waals surface area contributed by atoms with Crippen molar-refractivity contribution in [3.63, 3.8) is 0 Å². The second-order valence-corrected chi connectivity index (χ2v) is 5.09. The number of hydrogen-bond acceptors (Lipinski definition) is 1. The van der Waals surface area contributed by atoms with Crippen molar-refractivity contribution in [1.29, 1.82) is 0 Å². The maximum absolute atomic E-state index is 11.3. The van der Waals surface area contributed by atoms with Crippen LogP contribution in [0.15, 0.2) is 30.3 Å². The Morgan fingerprint density at radius 3 is 2.47 bits per heavy atom. The molecule has 0 fully saturated rings. The van der Waals surface area contributed by atoms with Crippen molar-refractivity contribution in [2.24, 2.45) is 0 Å². The summed E-state index contributed by atoms with van der Waals surface area (Å²) in [5.74, 6) is 0.212. The molecule has 0 saturated heterocycles. The van der Waals surface area contributed by atoms with Gasteiger partial charge in [-0.2, -0.15) is 0 Å². The zero-order chi connectivity index (χ0) is 14.0. The van der Waals surface area contributed by atoms with Gasteiger partial charge in [0.25, 0.3) is 0 Å². The fourth-order valence-corrected chi connectivity index (χ4v) is 2.68. The molecule has 1 aromatic heterocycles. The first-order chi connectivity index (χ1) is 9.04. The predicted octanol–water partition coefficient (Wildman–Crippen LogP) is 3.79. The molecule has 0 aliphatic carbocycles. The van der Waals surface area contributed by atoms with E-state index in [1.165, 1.54) is 22.6 Å². The molecule has 1 heterocycles. The molecule has 0 N–H and O–H groups in total. The average molecular weight is 255 g/mol. The minimum atomic E-state index is 0.212. The zero-order valence-electron chi connectivity index (χ0n) is 12.2. The number of Topliss-reactive ketones (excluding diaryl/α,β-unsaturated/α-hetero) is 1. The molecule has 1 aromatic carbocycles. The Bertz CT molecular complexity index is 608. The van der Waals surface area contributed by atoms with Gasteiger partial charge >= 0.3 is 0 Å². The van der Waals surface area contributed by atoms with Crippen LogP contribution in [-0.2, 0) is 17.6 Å². The lowest BCUT2D eigenvalue weighted by molar-refractivity contribution is -0.116. The van der Waals surface area contributed by atoms with E-state index in [-0.39, 0.29) is 5.78 Å². The summed E-state index contributed by atoms with van der Waals surface area (Å²) in [5.41, 5.74) is 6.06. The highest BCUT2D eigenvalue weighted by atomic mass is 16.1. The average Bonchev–Trinajstić information content (AvgIpc) is 2.64. The number of aromatic nitrogens is 1. The van der Waals surface area contributed by atoms with Gasteiger partial charge in [0.05, 0.1) is 0 Å². The van der Waals surface area contributed by atoms with Crippen molar-refractivity contribution < 1.29 is 4.79 Å². The Labute approximate surface area is 115 Å². The number of benzene rings is 1. The van der Waals surface area contributed by atoms with Crippen LogP contribution in [0.25, 0.3) is 5.69 Å². The summed E-state index contributed by atoms with van der Waals surface area (Å²) in [7, 11) is 0. The van der Waals surface area contributed by atoms with Crippen molar-refractivity contribution in [2.75, 3.05) is 0 Å². The van der Waals surface area contributed by atoms with Gasteiger partial charge in [-0.1, -0.05) is 25.1 Å². The minimum absolute atomic E-state index is 0.212. The van der Waals surface area contributed by atoms with Crippen LogP contribution in [0.1, 0.15) is 36.4 Å². The third-order valence-electron chi connectivity index (χ3n) is 3.59. The van der Waals surface area contributed by atoms with Gasteiger partial charge in [-0.05, 0) is 50.5 Å². The highest BCUT2D eigenvalue weighted by Gasteiger charge is 2.13. The molecule has 2 nitrogen and oxygen atoms in total. The van der Waals surface area contributed by atoms with Crippen molar-refractivity contribution in [3.05, 3.63) is 52.8 Å². The normalized spacial score (nSPS) is 10.7. The summed E-state index contributed by atoms with van der Waals surface area (Å²) < 4.78 is 2.26. The second-order valence-electron chi connectivity index (χ2n) is 5.09. The van der Waals surface area contributed by atoms with Crippen LogP contribution in [0.2, 0.25) is 0 Å². The highest BCUT2D eigenvalue weighted by Crippen LogP contribution is 2.24. The van der Waals surface area contributed by atoms with Crippen molar-refractivity contribution in [2.45, 2.75) is 40.5 Å². The Hall–Kier alpha value is -1.83.